The summed E-state index contributed by atoms with van der Waals surface area (Å²) >= 11 is 6.95. The van der Waals surface area contributed by atoms with Crippen molar-refractivity contribution in [3.8, 4) is 11.5 Å². The minimum absolute atomic E-state index is 0.115. The van der Waals surface area contributed by atoms with E-state index in [1.807, 2.05) is 38.2 Å². The molecule has 0 atom stereocenters. The molecule has 0 unspecified atom stereocenters. The minimum atomic E-state index is -0.437. The Hall–Kier alpha value is -3.57. The van der Waals surface area contributed by atoms with Gasteiger partial charge in [0.15, 0.2) is 23.1 Å². The SMILES string of the molecule is CCOc1cc(C2C3=C(CCCC3=O)N(C)C3=C2C(=O)CCC3)cc(Cl)c1OCc1c(C)ccc2ccccc12. The van der Waals surface area contributed by atoms with Gasteiger partial charge in [-0.1, -0.05) is 48.0 Å². The number of carbonyl (C=O) groups excluding carboxylic acids is 2. The number of carbonyl (C=O) groups is 2. The fraction of sp³-hybridized carbons (Fsp3) is 0.353. The van der Waals surface area contributed by atoms with Gasteiger partial charge in [0.05, 0.1) is 11.6 Å². The molecule has 206 valence electrons. The molecule has 0 saturated heterocycles. The van der Waals surface area contributed by atoms with Gasteiger partial charge in [0.2, 0.25) is 0 Å². The minimum Gasteiger partial charge on any atom is -0.490 e. The van der Waals surface area contributed by atoms with Crippen molar-refractivity contribution in [2.75, 3.05) is 13.7 Å². The van der Waals surface area contributed by atoms with E-state index in [0.29, 0.717) is 42.6 Å². The third-order valence-corrected chi connectivity index (χ3v) is 8.83. The first kappa shape index (κ1) is 26.6. The van der Waals surface area contributed by atoms with Crippen LogP contribution in [0.4, 0.5) is 0 Å². The molecule has 0 spiro atoms. The number of rotatable bonds is 6. The first-order valence-corrected chi connectivity index (χ1v) is 14.6. The third kappa shape index (κ3) is 4.50. The lowest BCUT2D eigenvalue weighted by Crippen LogP contribution is -2.37. The zero-order chi connectivity index (χ0) is 28.0. The highest BCUT2D eigenvalue weighted by Gasteiger charge is 2.42. The lowest BCUT2D eigenvalue weighted by molar-refractivity contribution is -0.117. The fourth-order valence-corrected chi connectivity index (χ4v) is 6.90. The van der Waals surface area contributed by atoms with Gasteiger partial charge < -0.3 is 14.4 Å². The van der Waals surface area contributed by atoms with Crippen molar-refractivity contribution in [2.24, 2.45) is 0 Å². The number of allylic oxidation sites excluding steroid dienone is 4. The van der Waals surface area contributed by atoms with E-state index in [2.05, 4.69) is 36.1 Å². The van der Waals surface area contributed by atoms with Crippen molar-refractivity contribution in [2.45, 2.75) is 64.9 Å². The maximum absolute atomic E-state index is 13.4. The summed E-state index contributed by atoms with van der Waals surface area (Å²) in [6.45, 7) is 4.77. The van der Waals surface area contributed by atoms with Gasteiger partial charge in [-0.15, -0.1) is 0 Å². The van der Waals surface area contributed by atoms with Gasteiger partial charge in [-0.2, -0.15) is 0 Å². The van der Waals surface area contributed by atoms with Gasteiger partial charge in [-0.3, -0.25) is 9.59 Å². The van der Waals surface area contributed by atoms with Crippen LogP contribution in [0.2, 0.25) is 5.02 Å². The number of hydrogen-bond donors (Lipinski definition) is 0. The summed E-state index contributed by atoms with van der Waals surface area (Å²) in [6, 6.07) is 16.3. The van der Waals surface area contributed by atoms with Crippen LogP contribution in [0, 0.1) is 6.92 Å². The predicted octanol–water partition coefficient (Wildman–Crippen LogP) is 7.82. The largest absolute Gasteiger partial charge is 0.490 e. The molecule has 0 N–H and O–H groups in total. The second-order valence-corrected chi connectivity index (χ2v) is 11.3. The standard InChI is InChI=1S/C34H34ClNO4/c1-4-39-30-18-22(17-25(35)34(30)40-19-24-20(2)15-16-21-9-5-6-10-23(21)24)31-32-26(11-7-13-28(32)37)36(3)27-12-8-14-29(38)33(27)31/h5-6,9-10,15-18,31H,4,7-8,11-14,19H2,1-3H3. The molecule has 0 bridgehead atoms. The number of nitrogens with zero attached hydrogens (tertiary/aromatic N) is 1. The normalized spacial score (nSPS) is 17.9. The summed E-state index contributed by atoms with van der Waals surface area (Å²) in [6.07, 6.45) is 4.32. The quantitative estimate of drug-likeness (QED) is 0.310. The maximum Gasteiger partial charge on any atom is 0.180 e. The zero-order valence-electron chi connectivity index (χ0n) is 23.3. The molecule has 3 aromatic rings. The molecule has 0 radical (unpaired) electrons. The van der Waals surface area contributed by atoms with E-state index < -0.39 is 5.92 Å². The number of benzene rings is 3. The highest BCUT2D eigenvalue weighted by Crippen LogP contribution is 2.50. The Morgan fingerprint density at radius 2 is 1.57 bits per heavy atom. The van der Waals surface area contributed by atoms with E-state index in [-0.39, 0.29) is 11.6 Å². The Labute approximate surface area is 240 Å². The third-order valence-electron chi connectivity index (χ3n) is 8.55. The summed E-state index contributed by atoms with van der Waals surface area (Å²) in [5.41, 5.74) is 6.59. The van der Waals surface area contributed by atoms with Gasteiger partial charge in [0, 0.05) is 53.9 Å². The van der Waals surface area contributed by atoms with Crippen LogP contribution in [-0.2, 0) is 16.2 Å². The molecule has 3 aromatic carbocycles. The van der Waals surface area contributed by atoms with Crippen molar-refractivity contribution in [3.63, 3.8) is 0 Å². The van der Waals surface area contributed by atoms with E-state index in [1.165, 1.54) is 0 Å². The van der Waals surface area contributed by atoms with Gasteiger partial charge in [-0.25, -0.2) is 0 Å². The number of Topliss-reactive ketones (excluding diaryl/α,β-unsaturated/α-hetero) is 2. The van der Waals surface area contributed by atoms with Gasteiger partial charge in [0.1, 0.15) is 6.61 Å². The summed E-state index contributed by atoms with van der Waals surface area (Å²) < 4.78 is 12.5. The smallest absolute Gasteiger partial charge is 0.180 e. The lowest BCUT2D eigenvalue weighted by atomic mass is 9.71. The zero-order valence-corrected chi connectivity index (χ0v) is 24.1. The van der Waals surface area contributed by atoms with Crippen molar-refractivity contribution in [3.05, 3.63) is 92.8 Å². The molecule has 1 heterocycles. The van der Waals surface area contributed by atoms with Crippen LogP contribution in [-0.4, -0.2) is 30.1 Å². The topological polar surface area (TPSA) is 55.8 Å². The molecule has 3 aliphatic rings. The van der Waals surface area contributed by atoms with Crippen LogP contribution < -0.4 is 9.47 Å². The molecule has 6 rings (SSSR count). The number of ketones is 2. The highest BCUT2D eigenvalue weighted by atomic mass is 35.5. The van der Waals surface area contributed by atoms with E-state index in [1.54, 1.807) is 0 Å². The summed E-state index contributed by atoms with van der Waals surface area (Å²) in [5, 5.41) is 2.71. The molecule has 2 aliphatic carbocycles. The van der Waals surface area contributed by atoms with Crippen LogP contribution in [0.3, 0.4) is 0 Å². The first-order valence-electron chi connectivity index (χ1n) is 14.2. The Bertz CT molecular complexity index is 1560. The van der Waals surface area contributed by atoms with Crippen LogP contribution in [0.25, 0.3) is 10.8 Å². The van der Waals surface area contributed by atoms with Crippen molar-refractivity contribution < 1.29 is 19.1 Å². The van der Waals surface area contributed by atoms with Gasteiger partial charge in [0.25, 0.3) is 0 Å². The molecule has 1 aliphatic heterocycles. The van der Waals surface area contributed by atoms with Crippen molar-refractivity contribution in [1.29, 1.82) is 0 Å². The van der Waals surface area contributed by atoms with E-state index >= 15 is 0 Å². The maximum atomic E-state index is 13.4. The molecule has 0 saturated carbocycles. The number of hydrogen-bond acceptors (Lipinski definition) is 5. The second-order valence-electron chi connectivity index (χ2n) is 10.9. The molecule has 5 nitrogen and oxygen atoms in total. The summed E-state index contributed by atoms with van der Waals surface area (Å²) in [5.74, 6) is 0.791. The number of fused-ring (bicyclic) bond motifs is 1. The summed E-state index contributed by atoms with van der Waals surface area (Å²) in [4.78, 5) is 28.9. The molecule has 0 amide bonds. The molecular weight excluding hydrogens is 522 g/mol. The van der Waals surface area contributed by atoms with Crippen molar-refractivity contribution in [1.82, 2.24) is 4.90 Å². The first-order chi connectivity index (χ1) is 19.4. The van der Waals surface area contributed by atoms with Crippen LogP contribution >= 0.6 is 11.6 Å². The Morgan fingerprint density at radius 1 is 0.900 bits per heavy atom. The molecule has 40 heavy (non-hydrogen) atoms. The summed E-state index contributed by atoms with van der Waals surface area (Å²) in [7, 11) is 2.00. The van der Waals surface area contributed by atoms with Crippen LogP contribution in [0.5, 0.6) is 11.5 Å². The lowest BCUT2D eigenvalue weighted by Gasteiger charge is -2.42. The van der Waals surface area contributed by atoms with E-state index in [0.717, 1.165) is 75.7 Å². The molecule has 0 fully saturated rings. The molecule has 0 aromatic heterocycles. The fourth-order valence-electron chi connectivity index (χ4n) is 6.62. The van der Waals surface area contributed by atoms with E-state index in [9.17, 15) is 9.59 Å². The average molecular weight is 556 g/mol. The molecular formula is C34H34ClNO4. The monoisotopic (exact) mass is 555 g/mol. The predicted molar refractivity (Wildman–Crippen MR) is 158 cm³/mol. The number of halogens is 1. The Morgan fingerprint density at radius 3 is 2.25 bits per heavy atom. The van der Waals surface area contributed by atoms with Crippen LogP contribution in [0.1, 0.15) is 68.1 Å². The Balaban J connectivity index is 1.44. The second kappa shape index (κ2) is 10.8. The number of ether oxygens (including phenoxy) is 2. The van der Waals surface area contributed by atoms with Crippen molar-refractivity contribution >= 4 is 33.9 Å². The van der Waals surface area contributed by atoms with Gasteiger partial charge >= 0.3 is 0 Å². The molecule has 6 heteroatoms. The van der Waals surface area contributed by atoms with Crippen LogP contribution in [0.15, 0.2) is 71.1 Å². The average Bonchev–Trinajstić information content (AvgIpc) is 2.94. The Kier molecular flexibility index (Phi) is 7.18. The van der Waals surface area contributed by atoms with E-state index in [4.69, 9.17) is 21.1 Å². The van der Waals surface area contributed by atoms with Gasteiger partial charge in [-0.05, 0) is 73.6 Å². The highest BCUT2D eigenvalue weighted by molar-refractivity contribution is 6.32. The number of aryl methyl sites for hydroxylation is 1.